The second kappa shape index (κ2) is 3.61. The Morgan fingerprint density at radius 1 is 1.42 bits per heavy atom. The largest absolute Gasteiger partial charge is 0.374 e. The first-order valence-electron chi connectivity index (χ1n) is 4.38. The molecule has 0 N–H and O–H groups in total. The summed E-state index contributed by atoms with van der Waals surface area (Å²) in [5.74, 6) is 0.728. The molecule has 0 aromatic rings. The van der Waals surface area contributed by atoms with Crippen molar-refractivity contribution in [3.05, 3.63) is 36.6 Å². The minimum atomic E-state index is 0.728. The van der Waals surface area contributed by atoms with Crippen molar-refractivity contribution in [1.82, 2.24) is 4.90 Å². The summed E-state index contributed by atoms with van der Waals surface area (Å²) in [5.41, 5.74) is 2.56. The van der Waals surface area contributed by atoms with Crippen molar-refractivity contribution in [2.75, 3.05) is 13.6 Å². The summed E-state index contributed by atoms with van der Waals surface area (Å²) in [7, 11) is 2.11. The van der Waals surface area contributed by atoms with Gasteiger partial charge in [0.2, 0.25) is 0 Å². The van der Waals surface area contributed by atoms with Crippen LogP contribution in [0.2, 0.25) is 0 Å². The van der Waals surface area contributed by atoms with Crippen LogP contribution in [0.1, 0.15) is 13.3 Å². The highest BCUT2D eigenvalue weighted by atomic mass is 15.1. The molecule has 0 spiro atoms. The normalized spacial score (nSPS) is 24.2. The van der Waals surface area contributed by atoms with E-state index in [0.717, 1.165) is 18.9 Å². The molecule has 1 aliphatic heterocycles. The lowest BCUT2D eigenvalue weighted by Gasteiger charge is -2.31. The van der Waals surface area contributed by atoms with Crippen molar-refractivity contribution in [2.24, 2.45) is 5.92 Å². The topological polar surface area (TPSA) is 3.24 Å². The fourth-order valence-corrected chi connectivity index (χ4v) is 1.83. The molecule has 66 valence electrons. The van der Waals surface area contributed by atoms with Gasteiger partial charge >= 0.3 is 0 Å². The molecule has 0 bridgehead atoms. The van der Waals surface area contributed by atoms with E-state index in [4.69, 9.17) is 0 Å². The zero-order valence-corrected chi connectivity index (χ0v) is 8.01. The number of likely N-dealkylation sites (N-methyl/N-ethyl adjacent to an activating group) is 1. The molecule has 0 radical (unpaired) electrons. The molecule has 1 nitrogen and oxygen atoms in total. The van der Waals surface area contributed by atoms with Gasteiger partial charge < -0.3 is 4.90 Å². The minimum absolute atomic E-state index is 0.728. The monoisotopic (exact) mass is 163 g/mol. The highest BCUT2D eigenvalue weighted by molar-refractivity contribution is 5.32. The van der Waals surface area contributed by atoms with E-state index in [1.807, 2.05) is 12.2 Å². The van der Waals surface area contributed by atoms with Crippen molar-refractivity contribution >= 4 is 0 Å². The molecule has 1 aliphatic rings. The molecule has 1 unspecified atom stereocenters. The van der Waals surface area contributed by atoms with Crippen LogP contribution in [-0.2, 0) is 0 Å². The standard InChI is InChI=1S/C11H17N/c1-5-10-7-9(3)8-12(4)11(10)6-2/h5-6,9H,1-2,7-8H2,3-4H3. The van der Waals surface area contributed by atoms with E-state index in [-0.39, 0.29) is 0 Å². The van der Waals surface area contributed by atoms with Crippen molar-refractivity contribution in [3.8, 4) is 0 Å². The quantitative estimate of drug-likeness (QED) is 0.604. The van der Waals surface area contributed by atoms with Gasteiger partial charge in [0.05, 0.1) is 0 Å². The third-order valence-electron chi connectivity index (χ3n) is 2.33. The Balaban J connectivity index is 2.97. The van der Waals surface area contributed by atoms with Crippen LogP contribution in [0.25, 0.3) is 0 Å². The Hall–Kier alpha value is -0.980. The Labute approximate surface area is 75.1 Å². The van der Waals surface area contributed by atoms with Gasteiger partial charge in [-0.05, 0) is 24.0 Å². The molecular formula is C11H17N. The fourth-order valence-electron chi connectivity index (χ4n) is 1.83. The van der Waals surface area contributed by atoms with E-state index in [1.165, 1.54) is 11.3 Å². The van der Waals surface area contributed by atoms with Gasteiger partial charge in [-0.3, -0.25) is 0 Å². The predicted molar refractivity (Wildman–Crippen MR) is 53.8 cm³/mol. The van der Waals surface area contributed by atoms with Gasteiger partial charge in [0.1, 0.15) is 0 Å². The van der Waals surface area contributed by atoms with Gasteiger partial charge in [-0.15, -0.1) is 0 Å². The SMILES string of the molecule is C=CC1=C(C=C)N(C)CC(C)C1. The Morgan fingerprint density at radius 2 is 2.08 bits per heavy atom. The van der Waals surface area contributed by atoms with Gasteiger partial charge in [0.15, 0.2) is 0 Å². The number of allylic oxidation sites excluding steroid dienone is 3. The van der Waals surface area contributed by atoms with Gasteiger partial charge in [-0.1, -0.05) is 26.2 Å². The highest BCUT2D eigenvalue weighted by Gasteiger charge is 2.17. The van der Waals surface area contributed by atoms with Crippen LogP contribution in [0.5, 0.6) is 0 Å². The summed E-state index contributed by atoms with van der Waals surface area (Å²) in [5, 5.41) is 0. The van der Waals surface area contributed by atoms with Gasteiger partial charge in [-0.2, -0.15) is 0 Å². The van der Waals surface area contributed by atoms with E-state index in [1.54, 1.807) is 0 Å². The third-order valence-corrected chi connectivity index (χ3v) is 2.33. The third kappa shape index (κ3) is 1.60. The van der Waals surface area contributed by atoms with Crippen LogP contribution in [0.4, 0.5) is 0 Å². The molecule has 0 saturated carbocycles. The van der Waals surface area contributed by atoms with Crippen LogP contribution in [0, 0.1) is 5.92 Å². The van der Waals surface area contributed by atoms with E-state index in [2.05, 4.69) is 32.0 Å². The summed E-state index contributed by atoms with van der Waals surface area (Å²) in [4.78, 5) is 2.25. The maximum Gasteiger partial charge on any atom is 0.0390 e. The lowest BCUT2D eigenvalue weighted by Crippen LogP contribution is -2.28. The summed E-state index contributed by atoms with van der Waals surface area (Å²) in [6.45, 7) is 11.0. The maximum absolute atomic E-state index is 3.82. The summed E-state index contributed by atoms with van der Waals surface area (Å²) < 4.78 is 0. The molecule has 1 heterocycles. The zero-order chi connectivity index (χ0) is 9.14. The van der Waals surface area contributed by atoms with E-state index in [9.17, 15) is 0 Å². The number of hydrogen-bond acceptors (Lipinski definition) is 1. The number of nitrogens with zero attached hydrogens (tertiary/aromatic N) is 1. The summed E-state index contributed by atoms with van der Waals surface area (Å²) in [6, 6.07) is 0. The smallest absolute Gasteiger partial charge is 0.0390 e. The van der Waals surface area contributed by atoms with Crippen molar-refractivity contribution < 1.29 is 0 Å². The van der Waals surface area contributed by atoms with E-state index >= 15 is 0 Å². The molecular weight excluding hydrogens is 146 g/mol. The molecule has 12 heavy (non-hydrogen) atoms. The molecule has 0 aromatic heterocycles. The van der Waals surface area contributed by atoms with Crippen molar-refractivity contribution in [1.29, 1.82) is 0 Å². The molecule has 0 aromatic carbocycles. The lowest BCUT2D eigenvalue weighted by molar-refractivity contribution is 0.326. The number of hydrogen-bond donors (Lipinski definition) is 0. The molecule has 1 atom stereocenters. The second-order valence-corrected chi connectivity index (χ2v) is 3.51. The van der Waals surface area contributed by atoms with Gasteiger partial charge in [0.25, 0.3) is 0 Å². The van der Waals surface area contributed by atoms with Crippen molar-refractivity contribution in [2.45, 2.75) is 13.3 Å². The first-order chi connectivity index (χ1) is 5.69. The predicted octanol–water partition coefficient (Wildman–Crippen LogP) is 2.58. The Bertz CT molecular complexity index is 225. The highest BCUT2D eigenvalue weighted by Crippen LogP contribution is 2.25. The number of rotatable bonds is 2. The van der Waals surface area contributed by atoms with E-state index < -0.39 is 0 Å². The molecule has 0 fully saturated rings. The molecule has 1 rings (SSSR count). The average molecular weight is 163 g/mol. The van der Waals surface area contributed by atoms with Gasteiger partial charge in [0, 0.05) is 19.3 Å². The Morgan fingerprint density at radius 3 is 2.58 bits per heavy atom. The van der Waals surface area contributed by atoms with E-state index in [0.29, 0.717) is 0 Å². The summed E-state index contributed by atoms with van der Waals surface area (Å²) >= 11 is 0. The first kappa shape index (κ1) is 9.11. The molecule has 0 amide bonds. The maximum atomic E-state index is 3.82. The molecule has 0 saturated heterocycles. The van der Waals surface area contributed by atoms with Crippen LogP contribution in [0.3, 0.4) is 0 Å². The van der Waals surface area contributed by atoms with Crippen LogP contribution < -0.4 is 0 Å². The Kier molecular flexibility index (Phi) is 2.74. The first-order valence-corrected chi connectivity index (χ1v) is 4.38. The summed E-state index contributed by atoms with van der Waals surface area (Å²) in [6.07, 6.45) is 5.00. The lowest BCUT2D eigenvalue weighted by atomic mass is 9.94. The van der Waals surface area contributed by atoms with Crippen LogP contribution in [-0.4, -0.2) is 18.5 Å². The van der Waals surface area contributed by atoms with Crippen LogP contribution >= 0.6 is 0 Å². The second-order valence-electron chi connectivity index (χ2n) is 3.51. The fraction of sp³-hybridized carbons (Fsp3) is 0.455. The zero-order valence-electron chi connectivity index (χ0n) is 8.01. The molecule has 0 aliphatic carbocycles. The average Bonchev–Trinajstić information content (AvgIpc) is 2.03. The molecule has 1 heteroatoms. The van der Waals surface area contributed by atoms with Crippen molar-refractivity contribution in [3.63, 3.8) is 0 Å². The van der Waals surface area contributed by atoms with Gasteiger partial charge in [-0.25, -0.2) is 0 Å². The minimum Gasteiger partial charge on any atom is -0.374 e. The van der Waals surface area contributed by atoms with Crippen LogP contribution in [0.15, 0.2) is 36.6 Å².